The average molecular weight is 237 g/mol. The molecule has 4 heteroatoms. The molecule has 0 atom stereocenters. The molecule has 0 saturated carbocycles. The van der Waals surface area contributed by atoms with Gasteiger partial charge in [0.1, 0.15) is 5.60 Å². The molecule has 0 fully saturated rings. The van der Waals surface area contributed by atoms with E-state index in [1.54, 1.807) is 19.4 Å². The average Bonchev–Trinajstić information content (AvgIpc) is 2.25. The van der Waals surface area contributed by atoms with Gasteiger partial charge in [-0.15, -0.1) is 0 Å². The quantitative estimate of drug-likeness (QED) is 0.754. The molecule has 0 aliphatic carbocycles. The molecule has 0 aliphatic heterocycles. The second kappa shape index (κ2) is 5.66. The minimum Gasteiger partial charge on any atom is -0.481 e. The summed E-state index contributed by atoms with van der Waals surface area (Å²) in [4.78, 5) is 15.6. The minimum absolute atomic E-state index is 0.187. The molecule has 0 spiro atoms. The van der Waals surface area contributed by atoms with Crippen LogP contribution in [0.15, 0.2) is 18.3 Å². The smallest absolute Gasteiger partial charge is 0.306 e. The van der Waals surface area contributed by atoms with Gasteiger partial charge in [0.05, 0.1) is 7.11 Å². The van der Waals surface area contributed by atoms with E-state index in [1.165, 1.54) is 0 Å². The molecular formula is C13H19NO3. The Morgan fingerprint density at radius 1 is 1.35 bits per heavy atom. The first-order valence-electron chi connectivity index (χ1n) is 5.61. The zero-order valence-electron chi connectivity index (χ0n) is 10.8. The molecule has 0 aromatic carbocycles. The van der Waals surface area contributed by atoms with E-state index >= 15 is 0 Å². The maximum atomic E-state index is 11.5. The number of pyridine rings is 1. The first kappa shape index (κ1) is 13.5. The van der Waals surface area contributed by atoms with Crippen LogP contribution in [0.2, 0.25) is 0 Å². The minimum atomic E-state index is -0.421. The highest BCUT2D eigenvalue weighted by atomic mass is 16.6. The molecule has 4 nitrogen and oxygen atoms in total. The van der Waals surface area contributed by atoms with Gasteiger partial charge in [-0.25, -0.2) is 4.98 Å². The lowest BCUT2D eigenvalue weighted by atomic mass is 10.1. The van der Waals surface area contributed by atoms with Gasteiger partial charge in [-0.3, -0.25) is 4.79 Å². The van der Waals surface area contributed by atoms with E-state index in [9.17, 15) is 4.79 Å². The van der Waals surface area contributed by atoms with Gasteiger partial charge in [0.25, 0.3) is 0 Å². The molecular weight excluding hydrogens is 218 g/mol. The molecule has 0 saturated heterocycles. The summed E-state index contributed by atoms with van der Waals surface area (Å²) < 4.78 is 10.2. The zero-order chi connectivity index (χ0) is 12.9. The lowest BCUT2D eigenvalue weighted by Gasteiger charge is -2.19. The molecule has 0 amide bonds. The molecule has 0 bridgehead atoms. The van der Waals surface area contributed by atoms with Gasteiger partial charge in [0, 0.05) is 18.7 Å². The number of hydrogen-bond donors (Lipinski definition) is 0. The van der Waals surface area contributed by atoms with E-state index < -0.39 is 5.60 Å². The molecule has 1 aromatic rings. The second-order valence-corrected chi connectivity index (χ2v) is 4.80. The van der Waals surface area contributed by atoms with Crippen molar-refractivity contribution in [3.8, 4) is 5.88 Å². The zero-order valence-corrected chi connectivity index (χ0v) is 10.8. The molecule has 1 rings (SSSR count). The summed E-state index contributed by atoms with van der Waals surface area (Å²) in [5.41, 5.74) is 0.576. The number of methoxy groups -OCH3 is 1. The van der Waals surface area contributed by atoms with Crippen molar-refractivity contribution in [2.24, 2.45) is 0 Å². The SMILES string of the molecule is COc1ccc(CCC(=O)OC(C)(C)C)cn1. The van der Waals surface area contributed by atoms with E-state index in [4.69, 9.17) is 9.47 Å². The summed E-state index contributed by atoms with van der Waals surface area (Å²) in [6.07, 6.45) is 2.71. The molecule has 0 radical (unpaired) electrons. The number of rotatable bonds is 4. The second-order valence-electron chi connectivity index (χ2n) is 4.80. The Morgan fingerprint density at radius 2 is 2.06 bits per heavy atom. The summed E-state index contributed by atoms with van der Waals surface area (Å²) in [5.74, 6) is 0.388. The van der Waals surface area contributed by atoms with Crippen LogP contribution in [-0.4, -0.2) is 23.7 Å². The Bertz CT molecular complexity index is 365. The molecule has 0 N–H and O–H groups in total. The Kier molecular flexibility index (Phi) is 4.49. The van der Waals surface area contributed by atoms with Crippen LogP contribution in [0.4, 0.5) is 0 Å². The highest BCUT2D eigenvalue weighted by Crippen LogP contribution is 2.11. The van der Waals surface area contributed by atoms with Crippen LogP contribution in [0.5, 0.6) is 5.88 Å². The number of aryl methyl sites for hydroxylation is 1. The third-order valence-corrected chi connectivity index (χ3v) is 2.04. The standard InChI is InChI=1S/C13H19NO3/c1-13(2,3)17-12(15)8-6-10-5-7-11(16-4)14-9-10/h5,7,9H,6,8H2,1-4H3. The maximum Gasteiger partial charge on any atom is 0.306 e. The third-order valence-electron chi connectivity index (χ3n) is 2.04. The predicted octanol–water partition coefficient (Wildman–Crippen LogP) is 2.36. The molecule has 1 heterocycles. The highest BCUT2D eigenvalue weighted by Gasteiger charge is 2.15. The number of aromatic nitrogens is 1. The number of hydrogen-bond acceptors (Lipinski definition) is 4. The molecule has 94 valence electrons. The molecule has 0 unspecified atom stereocenters. The van der Waals surface area contributed by atoms with Crippen LogP contribution in [0.25, 0.3) is 0 Å². The van der Waals surface area contributed by atoms with Crippen LogP contribution < -0.4 is 4.74 Å². The van der Waals surface area contributed by atoms with Crippen molar-refractivity contribution in [2.45, 2.75) is 39.2 Å². The van der Waals surface area contributed by atoms with Gasteiger partial charge < -0.3 is 9.47 Å². The van der Waals surface area contributed by atoms with Crippen molar-refractivity contribution in [1.82, 2.24) is 4.98 Å². The van der Waals surface area contributed by atoms with E-state index in [0.29, 0.717) is 18.7 Å². The third kappa shape index (κ3) is 5.33. The summed E-state index contributed by atoms with van der Waals surface area (Å²) in [6.45, 7) is 5.58. The van der Waals surface area contributed by atoms with Crippen molar-refractivity contribution < 1.29 is 14.3 Å². The van der Waals surface area contributed by atoms with Crippen molar-refractivity contribution in [3.05, 3.63) is 23.9 Å². The van der Waals surface area contributed by atoms with Crippen LogP contribution in [0, 0.1) is 0 Å². The Balaban J connectivity index is 2.42. The lowest BCUT2D eigenvalue weighted by molar-refractivity contribution is -0.154. The first-order valence-corrected chi connectivity index (χ1v) is 5.61. The summed E-state index contributed by atoms with van der Waals surface area (Å²) in [6, 6.07) is 3.68. The van der Waals surface area contributed by atoms with Gasteiger partial charge in [-0.05, 0) is 32.8 Å². The number of esters is 1. The molecule has 17 heavy (non-hydrogen) atoms. The van der Waals surface area contributed by atoms with Crippen LogP contribution >= 0.6 is 0 Å². The maximum absolute atomic E-state index is 11.5. The van der Waals surface area contributed by atoms with Crippen molar-refractivity contribution in [2.75, 3.05) is 7.11 Å². The summed E-state index contributed by atoms with van der Waals surface area (Å²) in [7, 11) is 1.57. The largest absolute Gasteiger partial charge is 0.481 e. The van der Waals surface area contributed by atoms with E-state index in [2.05, 4.69) is 4.98 Å². The summed E-state index contributed by atoms with van der Waals surface area (Å²) in [5, 5.41) is 0. The lowest BCUT2D eigenvalue weighted by Crippen LogP contribution is -2.24. The van der Waals surface area contributed by atoms with Crippen molar-refractivity contribution in [1.29, 1.82) is 0 Å². The number of nitrogens with zero attached hydrogens (tertiary/aromatic N) is 1. The number of carbonyl (C=O) groups excluding carboxylic acids is 1. The summed E-state index contributed by atoms with van der Waals surface area (Å²) >= 11 is 0. The fourth-order valence-corrected chi connectivity index (χ4v) is 1.32. The monoisotopic (exact) mass is 237 g/mol. The fourth-order valence-electron chi connectivity index (χ4n) is 1.32. The normalized spacial score (nSPS) is 11.1. The number of carbonyl (C=O) groups is 1. The van der Waals surface area contributed by atoms with Gasteiger partial charge in [-0.1, -0.05) is 6.07 Å². The highest BCUT2D eigenvalue weighted by molar-refractivity contribution is 5.70. The van der Waals surface area contributed by atoms with Crippen molar-refractivity contribution in [3.63, 3.8) is 0 Å². The fraction of sp³-hybridized carbons (Fsp3) is 0.538. The topological polar surface area (TPSA) is 48.4 Å². The van der Waals surface area contributed by atoms with Gasteiger partial charge in [0.15, 0.2) is 0 Å². The molecule has 0 aliphatic rings. The van der Waals surface area contributed by atoms with Crippen LogP contribution in [-0.2, 0) is 16.0 Å². The Labute approximate surface area is 102 Å². The first-order chi connectivity index (χ1) is 7.90. The van der Waals surface area contributed by atoms with Crippen LogP contribution in [0.1, 0.15) is 32.8 Å². The van der Waals surface area contributed by atoms with Gasteiger partial charge in [-0.2, -0.15) is 0 Å². The number of ether oxygens (including phenoxy) is 2. The Morgan fingerprint density at radius 3 is 2.53 bits per heavy atom. The van der Waals surface area contributed by atoms with E-state index in [0.717, 1.165) is 5.56 Å². The van der Waals surface area contributed by atoms with E-state index in [1.807, 2.05) is 26.8 Å². The predicted molar refractivity (Wildman–Crippen MR) is 65.0 cm³/mol. The van der Waals surface area contributed by atoms with Crippen molar-refractivity contribution >= 4 is 5.97 Å². The van der Waals surface area contributed by atoms with Gasteiger partial charge in [0.2, 0.25) is 5.88 Å². The van der Waals surface area contributed by atoms with E-state index in [-0.39, 0.29) is 5.97 Å². The van der Waals surface area contributed by atoms with Gasteiger partial charge >= 0.3 is 5.97 Å². The molecule has 1 aromatic heterocycles. The van der Waals surface area contributed by atoms with Crippen LogP contribution in [0.3, 0.4) is 0 Å². The Hall–Kier alpha value is -1.58.